The van der Waals surface area contributed by atoms with Gasteiger partial charge in [0, 0.05) is 58.4 Å². The summed E-state index contributed by atoms with van der Waals surface area (Å²) in [6.45, 7) is 4.03. The molecule has 2 aromatic heterocycles. The van der Waals surface area contributed by atoms with Crippen molar-refractivity contribution in [1.29, 1.82) is 0 Å². The number of nitrogens with one attached hydrogen (secondary N) is 1. The highest BCUT2D eigenvalue weighted by molar-refractivity contribution is 6.19. The van der Waals surface area contributed by atoms with Crippen molar-refractivity contribution in [3.05, 3.63) is 180 Å². The van der Waals surface area contributed by atoms with E-state index in [0.29, 0.717) is 0 Å². The number of benzene rings is 4. The average Bonchev–Trinajstić information content (AvgIpc) is 3.47. The van der Waals surface area contributed by atoms with Gasteiger partial charge >= 0.3 is 0 Å². The van der Waals surface area contributed by atoms with Crippen LogP contribution in [0.3, 0.4) is 0 Å². The van der Waals surface area contributed by atoms with E-state index in [2.05, 4.69) is 124 Å². The van der Waals surface area contributed by atoms with Gasteiger partial charge in [0.25, 0.3) is 0 Å². The molecule has 7 rings (SSSR count). The van der Waals surface area contributed by atoms with Crippen molar-refractivity contribution in [2.75, 3.05) is 0 Å². The fraction of sp³-hybridized carbons (Fsp3) is 0.0714. The Morgan fingerprint density at radius 1 is 0.872 bits per heavy atom. The van der Waals surface area contributed by atoms with Gasteiger partial charge in [0.15, 0.2) is 0 Å². The second-order valence-electron chi connectivity index (χ2n) is 11.8. The molecule has 4 aromatic carbocycles. The van der Waals surface area contributed by atoms with Crippen LogP contribution in [-0.4, -0.2) is 9.55 Å². The van der Waals surface area contributed by atoms with E-state index < -0.39 is 0 Å². The molecule has 3 heterocycles. The van der Waals surface area contributed by atoms with Crippen LogP contribution in [-0.2, 0) is 0 Å². The first-order chi connectivity index (χ1) is 23.1. The zero-order valence-electron chi connectivity index (χ0n) is 26.6. The SMILES string of the molecule is C\C=C/C(=C\N)C(/C)=C/C(=C\N)c1ccc2c(ccc3c4ccc(C5C=CC(c6cccnc6)=CN5)cc4n(-c4ccccc4)c23)c1. The smallest absolute Gasteiger partial charge is 0.0696 e. The molecule has 47 heavy (non-hydrogen) atoms. The number of nitrogens with zero attached hydrogens (tertiary/aromatic N) is 2. The molecule has 0 bridgehead atoms. The van der Waals surface area contributed by atoms with E-state index in [9.17, 15) is 0 Å². The standard InChI is InChI=1S/C42H37N5/c1-3-8-32(24-43)28(2)21-35(25-44)29-12-16-37-30(22-29)13-18-39-38-17-14-31(23-41(38)47(42(37)39)36-10-5-4-6-11-36)40-19-15-34(27-46-40)33-9-7-20-45-26-33/h3-27,40,46H,43-44H2,1-2H3/b8-3-,28-21+,32-24+,35-25+. The van der Waals surface area contributed by atoms with Gasteiger partial charge in [-0.05, 0) is 89.1 Å². The summed E-state index contributed by atoms with van der Waals surface area (Å²) in [6.07, 6.45) is 19.5. The Morgan fingerprint density at radius 2 is 1.70 bits per heavy atom. The maximum atomic E-state index is 6.17. The number of para-hydroxylation sites is 1. The van der Waals surface area contributed by atoms with Crippen LogP contribution < -0.4 is 16.8 Å². The Hall–Kier alpha value is -6.07. The van der Waals surface area contributed by atoms with Gasteiger partial charge < -0.3 is 21.4 Å². The topological polar surface area (TPSA) is 81.9 Å². The van der Waals surface area contributed by atoms with E-state index in [1.165, 1.54) is 32.8 Å². The number of hydrogen-bond acceptors (Lipinski definition) is 4. The lowest BCUT2D eigenvalue weighted by Gasteiger charge is -2.20. The van der Waals surface area contributed by atoms with Gasteiger partial charge in [-0.15, -0.1) is 0 Å². The van der Waals surface area contributed by atoms with Gasteiger partial charge in [0.1, 0.15) is 0 Å². The number of dihydropyridines is 1. The molecule has 5 heteroatoms. The fourth-order valence-corrected chi connectivity index (χ4v) is 6.52. The quantitative estimate of drug-likeness (QED) is 0.157. The minimum atomic E-state index is 0.0572. The third kappa shape index (κ3) is 5.53. The van der Waals surface area contributed by atoms with Crippen molar-refractivity contribution in [2.24, 2.45) is 11.5 Å². The van der Waals surface area contributed by atoms with Gasteiger partial charge in [-0.1, -0.05) is 85.0 Å². The molecular weight excluding hydrogens is 574 g/mol. The largest absolute Gasteiger partial charge is 0.404 e. The first-order valence-corrected chi connectivity index (χ1v) is 15.9. The highest BCUT2D eigenvalue weighted by Crippen LogP contribution is 2.39. The van der Waals surface area contributed by atoms with Crippen LogP contribution in [0.15, 0.2) is 164 Å². The van der Waals surface area contributed by atoms with Crippen molar-refractivity contribution in [2.45, 2.75) is 19.9 Å². The van der Waals surface area contributed by atoms with Crippen LogP contribution in [0.4, 0.5) is 0 Å². The molecule has 230 valence electrons. The minimum Gasteiger partial charge on any atom is -0.404 e. The van der Waals surface area contributed by atoms with E-state index >= 15 is 0 Å². The van der Waals surface area contributed by atoms with Crippen molar-refractivity contribution < 1.29 is 0 Å². The molecule has 0 radical (unpaired) electrons. The molecule has 1 aliphatic rings. The second-order valence-corrected chi connectivity index (χ2v) is 11.8. The van der Waals surface area contributed by atoms with Crippen LogP contribution >= 0.6 is 0 Å². The second kappa shape index (κ2) is 12.7. The molecule has 0 amide bonds. The number of allylic oxidation sites excluding steroid dienone is 8. The third-order valence-electron chi connectivity index (χ3n) is 8.89. The molecule has 1 atom stereocenters. The Balaban J connectivity index is 1.35. The van der Waals surface area contributed by atoms with Crippen molar-refractivity contribution in [1.82, 2.24) is 14.9 Å². The molecule has 5 N–H and O–H groups in total. The van der Waals surface area contributed by atoms with Crippen molar-refractivity contribution in [3.63, 3.8) is 0 Å². The van der Waals surface area contributed by atoms with Crippen LogP contribution in [0.25, 0.3) is 49.4 Å². The molecule has 0 aliphatic carbocycles. The van der Waals surface area contributed by atoms with E-state index in [0.717, 1.165) is 44.5 Å². The number of fused-ring (bicyclic) bond motifs is 5. The van der Waals surface area contributed by atoms with Crippen LogP contribution in [0.5, 0.6) is 0 Å². The van der Waals surface area contributed by atoms with Gasteiger partial charge in [0.2, 0.25) is 0 Å². The third-order valence-corrected chi connectivity index (χ3v) is 8.89. The van der Waals surface area contributed by atoms with Crippen molar-refractivity contribution in [3.8, 4) is 5.69 Å². The lowest BCUT2D eigenvalue weighted by Crippen LogP contribution is -2.16. The molecule has 0 saturated heterocycles. The van der Waals surface area contributed by atoms with Crippen LogP contribution in [0.2, 0.25) is 0 Å². The number of nitrogens with two attached hydrogens (primary N) is 2. The van der Waals surface area contributed by atoms with Gasteiger partial charge in [-0.25, -0.2) is 0 Å². The lowest BCUT2D eigenvalue weighted by atomic mass is 9.97. The summed E-state index contributed by atoms with van der Waals surface area (Å²) >= 11 is 0. The number of hydrogen-bond donors (Lipinski definition) is 3. The summed E-state index contributed by atoms with van der Waals surface area (Å²) in [5, 5.41) is 8.37. The van der Waals surface area contributed by atoms with E-state index in [-0.39, 0.29) is 6.04 Å². The summed E-state index contributed by atoms with van der Waals surface area (Å²) in [5.41, 5.74) is 23.0. The predicted molar refractivity (Wildman–Crippen MR) is 199 cm³/mol. The first-order valence-electron chi connectivity index (χ1n) is 15.9. The summed E-state index contributed by atoms with van der Waals surface area (Å²) in [7, 11) is 0. The summed E-state index contributed by atoms with van der Waals surface area (Å²) < 4.78 is 2.40. The Labute approximate surface area is 275 Å². The maximum Gasteiger partial charge on any atom is 0.0696 e. The molecule has 0 spiro atoms. The van der Waals surface area contributed by atoms with Crippen LogP contribution in [0.1, 0.15) is 36.6 Å². The molecular formula is C42H37N5. The zero-order chi connectivity index (χ0) is 32.3. The molecule has 1 unspecified atom stereocenters. The molecule has 1 aliphatic heterocycles. The van der Waals surface area contributed by atoms with E-state index in [4.69, 9.17) is 11.5 Å². The monoisotopic (exact) mass is 611 g/mol. The Kier molecular flexibility index (Phi) is 8.03. The number of rotatable bonds is 7. The molecule has 5 nitrogen and oxygen atoms in total. The number of aromatic nitrogens is 2. The zero-order valence-corrected chi connectivity index (χ0v) is 26.6. The van der Waals surface area contributed by atoms with Gasteiger partial charge in [0.05, 0.1) is 17.1 Å². The average molecular weight is 612 g/mol. The fourth-order valence-electron chi connectivity index (χ4n) is 6.52. The summed E-state index contributed by atoms with van der Waals surface area (Å²) in [6, 6.07) is 32.6. The molecule has 6 aromatic rings. The maximum absolute atomic E-state index is 6.17. The first kappa shape index (κ1) is 29.6. The highest BCUT2D eigenvalue weighted by atomic mass is 15.0. The summed E-state index contributed by atoms with van der Waals surface area (Å²) in [4.78, 5) is 4.27. The number of pyridine rings is 1. The van der Waals surface area contributed by atoms with E-state index in [1.807, 2.05) is 38.3 Å². The molecule has 0 saturated carbocycles. The normalized spacial score (nSPS) is 15.9. The Bertz CT molecular complexity index is 2300. The van der Waals surface area contributed by atoms with E-state index in [1.54, 1.807) is 18.6 Å². The summed E-state index contributed by atoms with van der Waals surface area (Å²) in [5.74, 6) is 0. The Morgan fingerprint density at radius 3 is 2.43 bits per heavy atom. The van der Waals surface area contributed by atoms with Crippen molar-refractivity contribution >= 4 is 43.7 Å². The predicted octanol–water partition coefficient (Wildman–Crippen LogP) is 9.24. The lowest BCUT2D eigenvalue weighted by molar-refractivity contribution is 0.750. The molecule has 0 fully saturated rings. The van der Waals surface area contributed by atoms with Gasteiger partial charge in [-0.2, -0.15) is 0 Å². The van der Waals surface area contributed by atoms with Gasteiger partial charge in [-0.3, -0.25) is 4.98 Å². The minimum absolute atomic E-state index is 0.0572. The highest BCUT2D eigenvalue weighted by Gasteiger charge is 2.18. The van der Waals surface area contributed by atoms with Crippen LogP contribution in [0, 0.1) is 0 Å².